The summed E-state index contributed by atoms with van der Waals surface area (Å²) < 4.78 is 5.95. The van der Waals surface area contributed by atoms with Crippen molar-refractivity contribution < 1.29 is 19.1 Å². The minimum atomic E-state index is -0.738. The van der Waals surface area contributed by atoms with Gasteiger partial charge in [0.05, 0.1) is 7.11 Å². The van der Waals surface area contributed by atoms with Crippen molar-refractivity contribution >= 4 is 39.9 Å². The van der Waals surface area contributed by atoms with Crippen molar-refractivity contribution in [1.82, 2.24) is 10.2 Å². The molecule has 4 amide bonds. The third kappa shape index (κ3) is 2.57. The number of nitrogens with one attached hydrogen (secondary N) is 1. The van der Waals surface area contributed by atoms with E-state index >= 15 is 0 Å². The maximum atomic E-state index is 12.0. The summed E-state index contributed by atoms with van der Waals surface area (Å²) in [4.78, 5) is 35.9. The number of amides is 4. The van der Waals surface area contributed by atoms with Crippen molar-refractivity contribution in [3.8, 4) is 5.75 Å². The predicted molar refractivity (Wildman–Crippen MR) is 75.0 cm³/mol. The van der Waals surface area contributed by atoms with Gasteiger partial charge in [0.2, 0.25) is 0 Å². The van der Waals surface area contributed by atoms with Crippen LogP contribution >= 0.6 is 15.9 Å². The van der Waals surface area contributed by atoms with Crippen molar-refractivity contribution in [2.45, 2.75) is 0 Å². The van der Waals surface area contributed by atoms with E-state index < -0.39 is 17.8 Å². The second kappa shape index (κ2) is 5.46. The van der Waals surface area contributed by atoms with Crippen molar-refractivity contribution in [2.75, 3.05) is 14.2 Å². The number of imide groups is 2. The van der Waals surface area contributed by atoms with Gasteiger partial charge in [-0.3, -0.25) is 19.8 Å². The largest absolute Gasteiger partial charge is 0.496 e. The van der Waals surface area contributed by atoms with Gasteiger partial charge in [0, 0.05) is 17.1 Å². The Balaban J connectivity index is 2.49. The molecule has 7 heteroatoms. The summed E-state index contributed by atoms with van der Waals surface area (Å²) in [7, 11) is 2.79. The topological polar surface area (TPSA) is 75.7 Å². The molecule has 0 aromatic heterocycles. The molecule has 104 valence electrons. The summed E-state index contributed by atoms with van der Waals surface area (Å²) in [5.74, 6) is -0.859. The number of ether oxygens (including phenoxy) is 1. The van der Waals surface area contributed by atoms with E-state index in [-0.39, 0.29) is 5.57 Å². The molecule has 0 aliphatic carbocycles. The Morgan fingerprint density at radius 3 is 2.65 bits per heavy atom. The van der Waals surface area contributed by atoms with Gasteiger partial charge in [-0.2, -0.15) is 0 Å². The summed E-state index contributed by atoms with van der Waals surface area (Å²) >= 11 is 3.31. The van der Waals surface area contributed by atoms with Crippen LogP contribution in [-0.4, -0.2) is 36.9 Å². The molecule has 1 aliphatic rings. The summed E-state index contributed by atoms with van der Waals surface area (Å²) in [5, 5.41) is 2.09. The number of rotatable bonds is 2. The quantitative estimate of drug-likeness (QED) is 0.655. The van der Waals surface area contributed by atoms with E-state index in [1.165, 1.54) is 20.2 Å². The molecule has 1 fully saturated rings. The van der Waals surface area contributed by atoms with E-state index in [9.17, 15) is 14.4 Å². The maximum absolute atomic E-state index is 12.0. The van der Waals surface area contributed by atoms with Crippen LogP contribution in [0.5, 0.6) is 5.75 Å². The highest BCUT2D eigenvalue weighted by molar-refractivity contribution is 9.10. The fourth-order valence-corrected chi connectivity index (χ4v) is 2.10. The number of likely N-dealkylation sites (N-methyl/N-ethyl adjacent to an activating group) is 1. The molecule has 1 heterocycles. The lowest BCUT2D eigenvalue weighted by atomic mass is 10.1. The Bertz CT molecular complexity index is 639. The average molecular weight is 339 g/mol. The van der Waals surface area contributed by atoms with Crippen LogP contribution in [-0.2, 0) is 9.59 Å². The van der Waals surface area contributed by atoms with Gasteiger partial charge < -0.3 is 4.74 Å². The summed E-state index contributed by atoms with van der Waals surface area (Å²) in [6.45, 7) is 0. The van der Waals surface area contributed by atoms with Crippen LogP contribution in [0.25, 0.3) is 6.08 Å². The highest BCUT2D eigenvalue weighted by Crippen LogP contribution is 2.26. The molecule has 0 unspecified atom stereocenters. The fraction of sp³-hybridized carbons (Fsp3) is 0.154. The first-order valence-electron chi connectivity index (χ1n) is 5.62. The average Bonchev–Trinajstić information content (AvgIpc) is 2.41. The maximum Gasteiger partial charge on any atom is 0.331 e. The molecule has 1 N–H and O–H groups in total. The fourth-order valence-electron chi connectivity index (χ4n) is 1.72. The minimum Gasteiger partial charge on any atom is -0.496 e. The molecule has 20 heavy (non-hydrogen) atoms. The molecule has 2 rings (SSSR count). The number of carbonyl (C=O) groups excluding carboxylic acids is 3. The van der Waals surface area contributed by atoms with Crippen molar-refractivity contribution in [2.24, 2.45) is 0 Å². The monoisotopic (exact) mass is 338 g/mol. The molecule has 6 nitrogen and oxygen atoms in total. The number of methoxy groups -OCH3 is 1. The second-order valence-electron chi connectivity index (χ2n) is 4.07. The van der Waals surface area contributed by atoms with Gasteiger partial charge in [0.25, 0.3) is 11.8 Å². The van der Waals surface area contributed by atoms with Gasteiger partial charge in [-0.25, -0.2) is 4.79 Å². The Hall–Kier alpha value is -2.15. The highest BCUT2D eigenvalue weighted by atomic mass is 79.9. The minimum absolute atomic E-state index is 0.122. The number of hydrogen-bond donors (Lipinski definition) is 1. The highest BCUT2D eigenvalue weighted by Gasteiger charge is 2.33. The van der Waals surface area contributed by atoms with Gasteiger partial charge in [0.15, 0.2) is 0 Å². The van der Waals surface area contributed by atoms with Gasteiger partial charge in [-0.15, -0.1) is 0 Å². The molecule has 1 saturated heterocycles. The van der Waals surface area contributed by atoms with Crippen molar-refractivity contribution in [3.63, 3.8) is 0 Å². The lowest BCUT2D eigenvalue weighted by Gasteiger charge is -2.22. The molecule has 1 aromatic carbocycles. The molecule has 0 spiro atoms. The smallest absolute Gasteiger partial charge is 0.331 e. The summed E-state index contributed by atoms with van der Waals surface area (Å²) in [6.07, 6.45) is 1.39. The molecule has 0 bridgehead atoms. The van der Waals surface area contributed by atoms with E-state index in [1.54, 1.807) is 18.2 Å². The molecule has 1 aromatic rings. The molecule has 0 atom stereocenters. The first-order valence-corrected chi connectivity index (χ1v) is 6.42. The normalized spacial score (nSPS) is 17.4. The first-order chi connectivity index (χ1) is 9.43. The number of barbiturate groups is 1. The van der Waals surface area contributed by atoms with Gasteiger partial charge in [-0.05, 0) is 24.3 Å². The van der Waals surface area contributed by atoms with Crippen LogP contribution in [0.2, 0.25) is 0 Å². The van der Waals surface area contributed by atoms with Gasteiger partial charge in [-0.1, -0.05) is 15.9 Å². The van der Waals surface area contributed by atoms with E-state index in [1.807, 2.05) is 0 Å². The van der Waals surface area contributed by atoms with Crippen LogP contribution in [0.4, 0.5) is 4.79 Å². The molecule has 0 saturated carbocycles. The van der Waals surface area contributed by atoms with Crippen LogP contribution in [0.15, 0.2) is 28.2 Å². The number of halogens is 1. The zero-order valence-corrected chi connectivity index (χ0v) is 12.4. The van der Waals surface area contributed by atoms with Crippen molar-refractivity contribution in [3.05, 3.63) is 33.8 Å². The number of benzene rings is 1. The van der Waals surface area contributed by atoms with Crippen LogP contribution in [0.1, 0.15) is 5.56 Å². The lowest BCUT2D eigenvalue weighted by molar-refractivity contribution is -0.129. The Morgan fingerprint density at radius 2 is 2.00 bits per heavy atom. The number of hydrogen-bond acceptors (Lipinski definition) is 4. The van der Waals surface area contributed by atoms with Gasteiger partial charge >= 0.3 is 6.03 Å². The Labute approximate surface area is 123 Å². The first kappa shape index (κ1) is 14.3. The standard InChI is InChI=1S/C13H11BrN2O4/c1-16-12(18)9(11(17)15-13(16)19)6-7-5-8(14)3-4-10(7)20-2/h3-6H,1-2H3,(H,15,17,19)/b9-6+. The Kier molecular flexibility index (Phi) is 3.89. The van der Waals surface area contributed by atoms with E-state index in [2.05, 4.69) is 21.2 Å². The second-order valence-corrected chi connectivity index (χ2v) is 4.98. The predicted octanol–water partition coefficient (Wildman–Crippen LogP) is 1.55. The van der Waals surface area contributed by atoms with E-state index in [4.69, 9.17) is 4.74 Å². The number of urea groups is 1. The van der Waals surface area contributed by atoms with Gasteiger partial charge in [0.1, 0.15) is 11.3 Å². The van der Waals surface area contributed by atoms with Crippen molar-refractivity contribution in [1.29, 1.82) is 0 Å². The van der Waals surface area contributed by atoms with Crippen LogP contribution in [0.3, 0.4) is 0 Å². The number of carbonyl (C=O) groups is 3. The molecular formula is C13H11BrN2O4. The summed E-state index contributed by atoms with van der Waals surface area (Å²) in [6, 6.07) is 4.46. The zero-order chi connectivity index (χ0) is 14.9. The zero-order valence-electron chi connectivity index (χ0n) is 10.8. The molecule has 1 aliphatic heterocycles. The molecule has 0 radical (unpaired) electrons. The van der Waals surface area contributed by atoms with Crippen LogP contribution < -0.4 is 10.1 Å². The lowest BCUT2D eigenvalue weighted by Crippen LogP contribution is -2.52. The van der Waals surface area contributed by atoms with E-state index in [0.717, 1.165) is 9.37 Å². The van der Waals surface area contributed by atoms with Crippen LogP contribution in [0, 0.1) is 0 Å². The number of nitrogens with zero attached hydrogens (tertiary/aromatic N) is 1. The SMILES string of the molecule is COc1ccc(Br)cc1/C=C1\C(=O)NC(=O)N(C)C1=O. The molecular weight excluding hydrogens is 328 g/mol. The third-order valence-electron chi connectivity index (χ3n) is 2.80. The van der Waals surface area contributed by atoms with E-state index in [0.29, 0.717) is 11.3 Å². The third-order valence-corrected chi connectivity index (χ3v) is 3.29. The summed E-state index contributed by atoms with van der Waals surface area (Å²) in [5.41, 5.74) is 0.437. The Morgan fingerprint density at radius 1 is 1.30 bits per heavy atom.